The van der Waals surface area contributed by atoms with E-state index in [1.54, 1.807) is 0 Å². The van der Waals surface area contributed by atoms with Gasteiger partial charge in [0, 0.05) is 6.20 Å². The standard InChI is InChI=1S/C16H21NO/c1-16(2,3)12-15(14-10-7-11-17-14)18-13-8-5-4-6-9-13/h4-11,15,17H,12H2,1-3H3. The van der Waals surface area contributed by atoms with Gasteiger partial charge in [0.15, 0.2) is 0 Å². The molecule has 0 amide bonds. The number of H-pyrrole nitrogens is 1. The third kappa shape index (κ3) is 3.66. The number of nitrogens with one attached hydrogen (secondary N) is 1. The van der Waals surface area contributed by atoms with E-state index in [-0.39, 0.29) is 11.5 Å². The summed E-state index contributed by atoms with van der Waals surface area (Å²) >= 11 is 0. The Balaban J connectivity index is 2.15. The highest BCUT2D eigenvalue weighted by Crippen LogP contribution is 2.32. The van der Waals surface area contributed by atoms with Gasteiger partial charge in [-0.25, -0.2) is 0 Å². The summed E-state index contributed by atoms with van der Waals surface area (Å²) in [5.41, 5.74) is 1.36. The molecule has 2 heteroatoms. The van der Waals surface area contributed by atoms with Gasteiger partial charge in [-0.2, -0.15) is 0 Å². The summed E-state index contributed by atoms with van der Waals surface area (Å²) in [4.78, 5) is 3.26. The van der Waals surface area contributed by atoms with Crippen molar-refractivity contribution >= 4 is 0 Å². The van der Waals surface area contributed by atoms with E-state index in [9.17, 15) is 0 Å². The molecule has 1 unspecified atom stereocenters. The molecule has 1 aromatic heterocycles. The SMILES string of the molecule is CC(C)(C)CC(Oc1ccccc1)c1ccc[nH]1. The van der Waals surface area contributed by atoms with E-state index in [1.165, 1.54) is 0 Å². The van der Waals surface area contributed by atoms with E-state index in [0.29, 0.717) is 0 Å². The molecule has 1 heterocycles. The zero-order valence-electron chi connectivity index (χ0n) is 11.3. The molecule has 0 saturated carbocycles. The van der Waals surface area contributed by atoms with Crippen molar-refractivity contribution in [3.8, 4) is 5.75 Å². The summed E-state index contributed by atoms with van der Waals surface area (Å²) < 4.78 is 6.10. The van der Waals surface area contributed by atoms with Gasteiger partial charge in [0.2, 0.25) is 0 Å². The predicted octanol–water partition coefficient (Wildman–Crippen LogP) is 4.57. The van der Waals surface area contributed by atoms with Gasteiger partial charge in [-0.1, -0.05) is 39.0 Å². The lowest BCUT2D eigenvalue weighted by molar-refractivity contribution is 0.142. The number of aromatic nitrogens is 1. The molecule has 0 spiro atoms. The van der Waals surface area contributed by atoms with Crippen molar-refractivity contribution in [2.75, 3.05) is 0 Å². The fraction of sp³-hybridized carbons (Fsp3) is 0.375. The number of hydrogen-bond donors (Lipinski definition) is 1. The van der Waals surface area contributed by atoms with Crippen molar-refractivity contribution < 1.29 is 4.74 Å². The lowest BCUT2D eigenvalue weighted by atomic mass is 9.88. The van der Waals surface area contributed by atoms with Crippen LogP contribution in [-0.4, -0.2) is 4.98 Å². The second-order valence-corrected chi connectivity index (χ2v) is 5.81. The Morgan fingerprint density at radius 2 is 1.78 bits per heavy atom. The molecule has 0 radical (unpaired) electrons. The summed E-state index contributed by atoms with van der Waals surface area (Å²) in [6, 6.07) is 14.1. The van der Waals surface area contributed by atoms with Gasteiger partial charge >= 0.3 is 0 Å². The van der Waals surface area contributed by atoms with Crippen LogP contribution in [0.4, 0.5) is 0 Å². The van der Waals surface area contributed by atoms with Crippen molar-refractivity contribution in [3.63, 3.8) is 0 Å². The quantitative estimate of drug-likeness (QED) is 0.836. The second-order valence-electron chi connectivity index (χ2n) is 5.81. The highest BCUT2D eigenvalue weighted by atomic mass is 16.5. The normalized spacial score (nSPS) is 13.3. The second kappa shape index (κ2) is 5.30. The summed E-state index contributed by atoms with van der Waals surface area (Å²) in [6.45, 7) is 6.70. The van der Waals surface area contributed by atoms with E-state index in [2.05, 4.69) is 31.8 Å². The Morgan fingerprint density at radius 3 is 2.33 bits per heavy atom. The number of aromatic amines is 1. The molecule has 1 atom stereocenters. The maximum absolute atomic E-state index is 6.10. The number of ether oxygens (including phenoxy) is 1. The van der Waals surface area contributed by atoms with Crippen molar-refractivity contribution in [1.82, 2.24) is 4.98 Å². The predicted molar refractivity (Wildman–Crippen MR) is 74.7 cm³/mol. The summed E-state index contributed by atoms with van der Waals surface area (Å²) in [7, 11) is 0. The van der Waals surface area contributed by atoms with E-state index in [1.807, 2.05) is 42.6 Å². The van der Waals surface area contributed by atoms with Gasteiger partial charge in [-0.15, -0.1) is 0 Å². The Bertz CT molecular complexity index is 454. The molecule has 0 bridgehead atoms. The molecule has 2 aromatic rings. The van der Waals surface area contributed by atoms with Crippen LogP contribution in [0.3, 0.4) is 0 Å². The smallest absolute Gasteiger partial charge is 0.139 e. The third-order valence-electron chi connectivity index (χ3n) is 2.79. The zero-order valence-corrected chi connectivity index (χ0v) is 11.3. The topological polar surface area (TPSA) is 25.0 Å². The average Bonchev–Trinajstić information content (AvgIpc) is 2.81. The lowest BCUT2D eigenvalue weighted by Crippen LogP contribution is -2.17. The van der Waals surface area contributed by atoms with Crippen LogP contribution in [0.5, 0.6) is 5.75 Å². The lowest BCUT2D eigenvalue weighted by Gasteiger charge is -2.26. The minimum Gasteiger partial charge on any atom is -0.484 e. The van der Waals surface area contributed by atoms with E-state index in [0.717, 1.165) is 17.9 Å². The minimum absolute atomic E-state index is 0.0717. The number of benzene rings is 1. The van der Waals surface area contributed by atoms with Crippen LogP contribution >= 0.6 is 0 Å². The Morgan fingerprint density at radius 1 is 1.06 bits per heavy atom. The first-order chi connectivity index (χ1) is 8.54. The first-order valence-corrected chi connectivity index (χ1v) is 6.40. The molecule has 1 N–H and O–H groups in total. The molecule has 0 fully saturated rings. The Hall–Kier alpha value is -1.70. The molecular formula is C16H21NO. The highest BCUT2D eigenvalue weighted by Gasteiger charge is 2.22. The molecule has 0 aliphatic carbocycles. The van der Waals surface area contributed by atoms with E-state index >= 15 is 0 Å². The molecule has 96 valence electrons. The van der Waals surface area contributed by atoms with Gasteiger partial charge in [-0.3, -0.25) is 0 Å². The van der Waals surface area contributed by atoms with Crippen LogP contribution in [0, 0.1) is 5.41 Å². The average molecular weight is 243 g/mol. The van der Waals surface area contributed by atoms with E-state index in [4.69, 9.17) is 4.74 Å². The fourth-order valence-corrected chi connectivity index (χ4v) is 1.98. The maximum Gasteiger partial charge on any atom is 0.139 e. The fourth-order valence-electron chi connectivity index (χ4n) is 1.98. The van der Waals surface area contributed by atoms with Crippen LogP contribution < -0.4 is 4.74 Å². The summed E-state index contributed by atoms with van der Waals surface area (Å²) in [6.07, 6.45) is 2.99. The van der Waals surface area contributed by atoms with Crippen LogP contribution in [-0.2, 0) is 0 Å². The van der Waals surface area contributed by atoms with Crippen LogP contribution in [0.25, 0.3) is 0 Å². The Kier molecular flexibility index (Phi) is 3.75. The van der Waals surface area contributed by atoms with Crippen LogP contribution in [0.2, 0.25) is 0 Å². The van der Waals surface area contributed by atoms with Gasteiger partial charge < -0.3 is 9.72 Å². The summed E-state index contributed by atoms with van der Waals surface area (Å²) in [5.74, 6) is 0.918. The zero-order chi connectivity index (χ0) is 13.0. The molecule has 1 aromatic carbocycles. The third-order valence-corrected chi connectivity index (χ3v) is 2.79. The highest BCUT2D eigenvalue weighted by molar-refractivity contribution is 5.22. The molecule has 0 saturated heterocycles. The van der Waals surface area contributed by atoms with Gasteiger partial charge in [-0.05, 0) is 36.1 Å². The van der Waals surface area contributed by atoms with Gasteiger partial charge in [0.25, 0.3) is 0 Å². The molecule has 2 nitrogen and oxygen atoms in total. The monoisotopic (exact) mass is 243 g/mol. The molecule has 0 aliphatic rings. The van der Waals surface area contributed by atoms with E-state index < -0.39 is 0 Å². The van der Waals surface area contributed by atoms with Crippen molar-refractivity contribution in [2.45, 2.75) is 33.3 Å². The first-order valence-electron chi connectivity index (χ1n) is 6.40. The van der Waals surface area contributed by atoms with Gasteiger partial charge in [0.05, 0.1) is 5.69 Å². The number of hydrogen-bond acceptors (Lipinski definition) is 1. The molecule has 18 heavy (non-hydrogen) atoms. The molecule has 0 aliphatic heterocycles. The van der Waals surface area contributed by atoms with Crippen LogP contribution in [0.1, 0.15) is 39.0 Å². The minimum atomic E-state index is 0.0717. The van der Waals surface area contributed by atoms with Crippen LogP contribution in [0.15, 0.2) is 48.7 Å². The van der Waals surface area contributed by atoms with Crippen molar-refractivity contribution in [2.24, 2.45) is 5.41 Å². The first kappa shape index (κ1) is 12.7. The number of para-hydroxylation sites is 1. The molecule has 2 rings (SSSR count). The number of rotatable bonds is 4. The maximum atomic E-state index is 6.10. The Labute approximate surface area is 109 Å². The largest absolute Gasteiger partial charge is 0.484 e. The van der Waals surface area contributed by atoms with Gasteiger partial charge in [0.1, 0.15) is 11.9 Å². The molecular weight excluding hydrogens is 222 g/mol. The summed E-state index contributed by atoms with van der Waals surface area (Å²) in [5, 5.41) is 0. The van der Waals surface area contributed by atoms with Crippen molar-refractivity contribution in [3.05, 3.63) is 54.4 Å². The van der Waals surface area contributed by atoms with Crippen molar-refractivity contribution in [1.29, 1.82) is 0 Å².